The van der Waals surface area contributed by atoms with Gasteiger partial charge in [0.15, 0.2) is 0 Å². The number of aliphatic hydroxyl groups is 1. The lowest BCUT2D eigenvalue weighted by Crippen LogP contribution is -2.42. The molecule has 0 bridgehead atoms. The summed E-state index contributed by atoms with van der Waals surface area (Å²) < 4.78 is 6.63. The van der Waals surface area contributed by atoms with E-state index in [4.69, 9.17) is 11.6 Å². The Bertz CT molecular complexity index is 117. The average Bonchev–Trinajstić information content (AvgIpc) is 1.81. The average molecular weight is 134 g/mol. The molecule has 54 valence electrons. The zero-order valence-corrected chi connectivity index (χ0v) is 5.16. The lowest BCUT2D eigenvalue weighted by atomic mass is 10.2. The van der Waals surface area contributed by atoms with Crippen LogP contribution in [0.5, 0.6) is 0 Å². The fourth-order valence-electron chi connectivity index (χ4n) is 0.464. The zero-order chi connectivity index (χ0) is 8.15. The van der Waals surface area contributed by atoms with Crippen LogP contribution in [0.15, 0.2) is 0 Å². The number of aliphatic carboxylic acids is 1. The molecule has 0 aromatic heterocycles. The van der Waals surface area contributed by atoms with Gasteiger partial charge in [-0.15, -0.1) is 0 Å². The zero-order valence-electron chi connectivity index (χ0n) is 6.16. The molecular weight excluding hydrogens is 122 g/mol. The maximum atomic E-state index is 10.2. The van der Waals surface area contributed by atoms with Crippen LogP contribution in [0.4, 0.5) is 0 Å². The summed E-state index contributed by atoms with van der Waals surface area (Å²) in [5, 5.41) is 19.5. The van der Waals surface area contributed by atoms with E-state index >= 15 is 0 Å². The molecule has 2 atom stereocenters. The second-order valence-electron chi connectivity index (χ2n) is 1.76. The second-order valence-corrected chi connectivity index (χ2v) is 1.76. The van der Waals surface area contributed by atoms with Gasteiger partial charge < -0.3 is 15.5 Å². The van der Waals surface area contributed by atoms with E-state index in [0.717, 1.165) is 0 Å². The van der Waals surface area contributed by atoms with Crippen molar-refractivity contribution < 1.29 is 16.4 Å². The van der Waals surface area contributed by atoms with Gasteiger partial charge in [0.25, 0.3) is 0 Å². The van der Waals surface area contributed by atoms with Gasteiger partial charge in [-0.1, -0.05) is 0 Å². The topological polar surface area (TPSA) is 69.6 Å². The minimum atomic E-state index is -1.14. The molecule has 0 aliphatic heterocycles. The monoisotopic (exact) mass is 134 g/mol. The van der Waals surface area contributed by atoms with E-state index in [-0.39, 0.29) is 7.02 Å². The largest absolute Gasteiger partial charge is 0.480 e. The molecule has 0 fully saturated rings. The number of likely N-dealkylation sites (N-methyl/N-ethyl adjacent to an activating group) is 1. The fraction of sp³-hybridized carbons (Fsp3) is 0.800. The molecule has 0 rings (SSSR count). The van der Waals surface area contributed by atoms with Gasteiger partial charge in [0, 0.05) is 1.37 Å². The Labute approximate surface area is 54.9 Å². The van der Waals surface area contributed by atoms with Crippen molar-refractivity contribution in [2.75, 3.05) is 7.02 Å². The van der Waals surface area contributed by atoms with E-state index in [0.29, 0.717) is 0 Å². The number of carboxylic acid groups (broad SMARTS) is 1. The van der Waals surface area contributed by atoms with Crippen LogP contribution in [0, 0.1) is 0 Å². The quantitative estimate of drug-likeness (QED) is 0.465. The minimum Gasteiger partial charge on any atom is -0.480 e. The number of carboxylic acids is 1. The van der Waals surface area contributed by atoms with E-state index in [1.54, 1.807) is 0 Å². The van der Waals surface area contributed by atoms with Crippen molar-refractivity contribution in [2.45, 2.75) is 19.1 Å². The molecule has 0 unspecified atom stereocenters. The first-order valence-electron chi connectivity index (χ1n) is 3.23. The van der Waals surface area contributed by atoms with E-state index < -0.39 is 18.1 Å². The van der Waals surface area contributed by atoms with Gasteiger partial charge in [0.2, 0.25) is 0 Å². The van der Waals surface area contributed by atoms with Crippen molar-refractivity contribution in [3.63, 3.8) is 0 Å². The molecule has 0 aliphatic rings. The predicted octanol–water partition coefficient (Wildman–Crippen LogP) is -0.960. The van der Waals surface area contributed by atoms with Crippen LogP contribution in [-0.2, 0) is 4.79 Å². The Morgan fingerprint density at radius 3 is 2.56 bits per heavy atom. The summed E-state index contributed by atoms with van der Waals surface area (Å²) >= 11 is 0. The summed E-state index contributed by atoms with van der Waals surface area (Å²) in [7, 11) is -0.206. The number of hydrogen-bond donors (Lipinski definition) is 3. The summed E-state index contributed by atoms with van der Waals surface area (Å²) in [4.78, 5) is 10.2. The number of rotatable bonds is 3. The molecule has 0 radical (unpaired) electrons. The molecular formula is C5H11NO3. The highest BCUT2D eigenvalue weighted by Gasteiger charge is 2.19. The summed E-state index contributed by atoms with van der Waals surface area (Å²) in [6.07, 6.45) is -0.970. The Morgan fingerprint density at radius 2 is 2.44 bits per heavy atom. The molecule has 0 saturated carbocycles. The maximum Gasteiger partial charge on any atom is 0.323 e. The van der Waals surface area contributed by atoms with Gasteiger partial charge >= 0.3 is 5.97 Å². The van der Waals surface area contributed by atoms with Crippen LogP contribution in [-0.4, -0.2) is 35.4 Å². The third kappa shape index (κ3) is 2.43. The van der Waals surface area contributed by atoms with Crippen LogP contribution >= 0.6 is 0 Å². The van der Waals surface area contributed by atoms with Crippen molar-refractivity contribution in [3.05, 3.63) is 0 Å². The van der Waals surface area contributed by atoms with Crippen LogP contribution < -0.4 is 5.32 Å². The van der Waals surface area contributed by atoms with Gasteiger partial charge in [-0.25, -0.2) is 0 Å². The first-order valence-corrected chi connectivity index (χ1v) is 2.53. The summed E-state index contributed by atoms with van der Waals surface area (Å²) in [6.45, 7) is 1.36. The van der Waals surface area contributed by atoms with Crippen LogP contribution in [0.2, 0.25) is 0 Å². The highest BCUT2D eigenvalue weighted by molar-refractivity contribution is 5.74. The summed E-state index contributed by atoms with van der Waals surface area (Å²) in [5.41, 5.74) is 0. The first kappa shape index (κ1) is 6.51. The normalized spacial score (nSPS) is 18.2. The maximum absolute atomic E-state index is 10.2. The number of carbonyl (C=O) groups is 1. The van der Waals surface area contributed by atoms with Gasteiger partial charge in [0.1, 0.15) is 6.04 Å². The highest BCUT2D eigenvalue weighted by Crippen LogP contribution is 1.89. The Kier molecular flexibility index (Phi) is 2.48. The molecule has 0 heterocycles. The third-order valence-corrected chi connectivity index (χ3v) is 0.968. The highest BCUT2D eigenvalue weighted by atomic mass is 16.4. The molecule has 3 N–H and O–H groups in total. The van der Waals surface area contributed by atoms with E-state index in [9.17, 15) is 4.79 Å². The fourth-order valence-corrected chi connectivity index (χ4v) is 0.464. The van der Waals surface area contributed by atoms with E-state index in [2.05, 4.69) is 5.32 Å². The Balaban J connectivity index is 3.85. The SMILES string of the molecule is [2H]CN[C@H](C(=O)O)[C@@H](C)O. The van der Waals surface area contributed by atoms with Crippen molar-refractivity contribution in [2.24, 2.45) is 0 Å². The number of aliphatic hydroxyl groups excluding tert-OH is 1. The molecule has 0 aromatic rings. The van der Waals surface area contributed by atoms with Gasteiger partial charge in [-0.3, -0.25) is 4.79 Å². The minimum absolute atomic E-state index is 0.206. The van der Waals surface area contributed by atoms with Gasteiger partial charge in [0.05, 0.1) is 6.10 Å². The third-order valence-electron chi connectivity index (χ3n) is 0.968. The standard InChI is InChI=1S/C5H11NO3/c1-3(7)4(6-2)5(8)9/h3-4,6-7H,1-2H3,(H,8,9)/t3-,4+/m1/s1/i2D. The second kappa shape index (κ2) is 3.42. The number of nitrogens with one attached hydrogen (secondary N) is 1. The van der Waals surface area contributed by atoms with Crippen molar-refractivity contribution >= 4 is 5.97 Å². The lowest BCUT2D eigenvalue weighted by Gasteiger charge is -2.12. The molecule has 0 aromatic carbocycles. The van der Waals surface area contributed by atoms with Gasteiger partial charge in [-0.05, 0) is 13.9 Å². The smallest absolute Gasteiger partial charge is 0.323 e. The van der Waals surface area contributed by atoms with Crippen LogP contribution in [0.1, 0.15) is 8.29 Å². The van der Waals surface area contributed by atoms with E-state index in [1.165, 1.54) is 6.92 Å². The van der Waals surface area contributed by atoms with Gasteiger partial charge in [-0.2, -0.15) is 0 Å². The van der Waals surface area contributed by atoms with Crippen LogP contribution in [0.3, 0.4) is 0 Å². The Hall–Kier alpha value is -0.610. The van der Waals surface area contributed by atoms with Crippen molar-refractivity contribution in [1.82, 2.24) is 5.32 Å². The predicted molar refractivity (Wildman–Crippen MR) is 32.2 cm³/mol. The molecule has 4 heteroatoms. The molecule has 0 aliphatic carbocycles. The first-order chi connectivity index (χ1) is 4.59. The molecule has 9 heavy (non-hydrogen) atoms. The van der Waals surface area contributed by atoms with Crippen LogP contribution in [0.25, 0.3) is 0 Å². The molecule has 0 spiro atoms. The van der Waals surface area contributed by atoms with Crippen molar-refractivity contribution in [3.8, 4) is 0 Å². The lowest BCUT2D eigenvalue weighted by molar-refractivity contribution is -0.141. The Morgan fingerprint density at radius 1 is 1.89 bits per heavy atom. The van der Waals surface area contributed by atoms with Crippen molar-refractivity contribution in [1.29, 1.82) is 0 Å². The van der Waals surface area contributed by atoms with E-state index in [1.807, 2.05) is 0 Å². The summed E-state index contributed by atoms with van der Waals surface area (Å²) in [5.74, 6) is -1.14. The summed E-state index contributed by atoms with van der Waals surface area (Å²) in [6, 6.07) is -1.03. The molecule has 4 nitrogen and oxygen atoms in total. The molecule has 0 saturated heterocycles. The molecule has 0 amide bonds. The number of hydrogen-bond acceptors (Lipinski definition) is 3.